The van der Waals surface area contributed by atoms with Crippen molar-refractivity contribution in [2.24, 2.45) is 0 Å². The fourth-order valence-electron chi connectivity index (χ4n) is 2.47. The van der Waals surface area contributed by atoms with E-state index in [0.717, 1.165) is 36.4 Å². The molecule has 116 valence electrons. The van der Waals surface area contributed by atoms with Gasteiger partial charge in [0, 0.05) is 25.3 Å². The molecule has 1 atom stereocenters. The lowest BCUT2D eigenvalue weighted by Crippen LogP contribution is -2.27. The van der Waals surface area contributed by atoms with E-state index in [4.69, 9.17) is 9.47 Å². The van der Waals surface area contributed by atoms with Crippen LogP contribution in [0.5, 0.6) is 5.75 Å². The fourth-order valence-corrected chi connectivity index (χ4v) is 2.47. The predicted molar refractivity (Wildman–Crippen MR) is 82.8 cm³/mol. The molecule has 0 spiro atoms. The molecule has 5 nitrogen and oxygen atoms in total. The summed E-state index contributed by atoms with van der Waals surface area (Å²) >= 11 is 0. The van der Waals surface area contributed by atoms with Gasteiger partial charge in [0.2, 0.25) is 5.91 Å². The molecule has 1 aliphatic heterocycles. The molecule has 5 heteroatoms. The Morgan fingerprint density at radius 1 is 1.43 bits per heavy atom. The van der Waals surface area contributed by atoms with Gasteiger partial charge < -0.3 is 20.1 Å². The van der Waals surface area contributed by atoms with Crippen LogP contribution < -0.4 is 15.4 Å². The molecular formula is C16H24N2O3. The minimum Gasteiger partial charge on any atom is -0.491 e. The molecule has 2 rings (SSSR count). The van der Waals surface area contributed by atoms with E-state index in [1.165, 1.54) is 0 Å². The third-order valence-electron chi connectivity index (χ3n) is 3.62. The molecule has 1 fully saturated rings. The molecule has 0 radical (unpaired) electrons. The first kappa shape index (κ1) is 15.8. The number of benzene rings is 1. The predicted octanol–water partition coefficient (Wildman–Crippen LogP) is 2.10. The van der Waals surface area contributed by atoms with Gasteiger partial charge in [-0.15, -0.1) is 0 Å². The fraction of sp³-hybridized carbons (Fsp3) is 0.562. The molecule has 1 aliphatic rings. The van der Waals surface area contributed by atoms with Crippen molar-refractivity contribution in [3.63, 3.8) is 0 Å². The van der Waals surface area contributed by atoms with E-state index in [2.05, 4.69) is 10.6 Å². The highest BCUT2D eigenvalue weighted by Gasteiger charge is 2.17. The summed E-state index contributed by atoms with van der Waals surface area (Å²) in [5, 5.41) is 6.31. The quantitative estimate of drug-likeness (QED) is 0.756. The number of anilines is 1. The number of aryl methyl sites for hydroxylation is 1. The van der Waals surface area contributed by atoms with Crippen molar-refractivity contribution in [1.82, 2.24) is 5.32 Å². The Labute approximate surface area is 126 Å². The van der Waals surface area contributed by atoms with Crippen molar-refractivity contribution >= 4 is 11.6 Å². The van der Waals surface area contributed by atoms with E-state index >= 15 is 0 Å². The molecular weight excluding hydrogens is 268 g/mol. The van der Waals surface area contributed by atoms with E-state index in [-0.39, 0.29) is 5.91 Å². The molecule has 1 aromatic rings. The van der Waals surface area contributed by atoms with Crippen LogP contribution in [0, 0.1) is 6.92 Å². The van der Waals surface area contributed by atoms with E-state index in [1.807, 2.05) is 25.1 Å². The van der Waals surface area contributed by atoms with Gasteiger partial charge in [-0.3, -0.25) is 4.79 Å². The van der Waals surface area contributed by atoms with Crippen LogP contribution in [0.4, 0.5) is 5.69 Å². The molecule has 0 saturated carbocycles. The molecule has 21 heavy (non-hydrogen) atoms. The molecule has 0 bridgehead atoms. The van der Waals surface area contributed by atoms with Crippen molar-refractivity contribution in [2.75, 3.05) is 32.2 Å². The summed E-state index contributed by atoms with van der Waals surface area (Å²) in [6.45, 7) is 4.07. The van der Waals surface area contributed by atoms with E-state index < -0.39 is 0 Å². The largest absolute Gasteiger partial charge is 0.491 e. The standard InChI is InChI=1S/C16H24N2O3/c1-12-10-14(21-9-8-20-2)5-6-15(12)18-16(19)11-13-4-3-7-17-13/h5-6,10,13,17H,3-4,7-9,11H2,1-2H3,(H,18,19). The van der Waals surface area contributed by atoms with Crippen molar-refractivity contribution in [1.29, 1.82) is 0 Å². The first-order valence-corrected chi connectivity index (χ1v) is 7.44. The molecule has 2 N–H and O–H groups in total. The molecule has 1 unspecified atom stereocenters. The Balaban J connectivity index is 1.86. The average molecular weight is 292 g/mol. The zero-order valence-electron chi connectivity index (χ0n) is 12.8. The van der Waals surface area contributed by atoms with Crippen molar-refractivity contribution in [3.05, 3.63) is 23.8 Å². The summed E-state index contributed by atoms with van der Waals surface area (Å²) in [5.74, 6) is 0.852. The monoisotopic (exact) mass is 292 g/mol. The van der Waals surface area contributed by atoms with Gasteiger partial charge in [-0.25, -0.2) is 0 Å². The Bertz CT molecular complexity index is 471. The van der Waals surface area contributed by atoms with Crippen LogP contribution in [0.15, 0.2) is 18.2 Å². The van der Waals surface area contributed by atoms with Crippen molar-refractivity contribution in [3.8, 4) is 5.75 Å². The molecule has 1 amide bonds. The number of methoxy groups -OCH3 is 1. The number of carbonyl (C=O) groups excluding carboxylic acids is 1. The van der Waals surface area contributed by atoms with Gasteiger partial charge in [0.15, 0.2) is 0 Å². The first-order valence-electron chi connectivity index (χ1n) is 7.44. The topological polar surface area (TPSA) is 59.6 Å². The number of nitrogens with one attached hydrogen (secondary N) is 2. The smallest absolute Gasteiger partial charge is 0.225 e. The summed E-state index contributed by atoms with van der Waals surface area (Å²) in [6, 6.07) is 6.00. The minimum atomic E-state index is 0.0607. The van der Waals surface area contributed by atoms with Crippen LogP contribution in [-0.4, -0.2) is 38.8 Å². The van der Waals surface area contributed by atoms with E-state index in [0.29, 0.717) is 25.7 Å². The number of rotatable bonds is 7. The SMILES string of the molecule is COCCOc1ccc(NC(=O)CC2CCCN2)c(C)c1. The number of carbonyl (C=O) groups is 1. The van der Waals surface area contributed by atoms with Gasteiger partial charge in [-0.2, -0.15) is 0 Å². The maximum Gasteiger partial charge on any atom is 0.225 e. The highest BCUT2D eigenvalue weighted by Crippen LogP contribution is 2.22. The lowest BCUT2D eigenvalue weighted by molar-refractivity contribution is -0.116. The zero-order valence-corrected chi connectivity index (χ0v) is 12.8. The van der Waals surface area contributed by atoms with Crippen molar-refractivity contribution < 1.29 is 14.3 Å². The van der Waals surface area contributed by atoms with Gasteiger partial charge in [0.1, 0.15) is 12.4 Å². The number of ether oxygens (including phenoxy) is 2. The maximum atomic E-state index is 12.0. The highest BCUT2D eigenvalue weighted by molar-refractivity contribution is 5.92. The van der Waals surface area contributed by atoms with Gasteiger partial charge in [-0.1, -0.05) is 0 Å². The summed E-state index contributed by atoms with van der Waals surface area (Å²) in [5.41, 5.74) is 1.84. The molecule has 1 aromatic carbocycles. The normalized spacial score (nSPS) is 17.7. The summed E-state index contributed by atoms with van der Waals surface area (Å²) in [4.78, 5) is 12.0. The molecule has 0 aliphatic carbocycles. The third-order valence-corrected chi connectivity index (χ3v) is 3.62. The third kappa shape index (κ3) is 5.02. The number of hydrogen-bond acceptors (Lipinski definition) is 4. The molecule has 1 saturated heterocycles. The Morgan fingerprint density at radius 3 is 2.95 bits per heavy atom. The first-order chi connectivity index (χ1) is 10.2. The zero-order chi connectivity index (χ0) is 15.1. The average Bonchev–Trinajstić information content (AvgIpc) is 2.95. The van der Waals surface area contributed by atoms with Crippen LogP contribution >= 0.6 is 0 Å². The van der Waals surface area contributed by atoms with E-state index in [9.17, 15) is 4.79 Å². The van der Waals surface area contributed by atoms with Crippen LogP contribution in [0.25, 0.3) is 0 Å². The second kappa shape index (κ2) is 8.00. The highest BCUT2D eigenvalue weighted by atomic mass is 16.5. The van der Waals surface area contributed by atoms with Crippen molar-refractivity contribution in [2.45, 2.75) is 32.2 Å². The number of hydrogen-bond donors (Lipinski definition) is 2. The van der Waals surface area contributed by atoms with Crippen LogP contribution in [0.1, 0.15) is 24.8 Å². The van der Waals surface area contributed by atoms with Crippen LogP contribution in [-0.2, 0) is 9.53 Å². The second-order valence-electron chi connectivity index (χ2n) is 5.36. The Morgan fingerprint density at radius 2 is 2.29 bits per heavy atom. The van der Waals surface area contributed by atoms with Gasteiger partial charge in [-0.05, 0) is 50.1 Å². The van der Waals surface area contributed by atoms with Gasteiger partial charge in [0.25, 0.3) is 0 Å². The number of amides is 1. The Hall–Kier alpha value is -1.59. The van der Waals surface area contributed by atoms with Crippen LogP contribution in [0.2, 0.25) is 0 Å². The lowest BCUT2D eigenvalue weighted by Gasteiger charge is -2.13. The van der Waals surface area contributed by atoms with Gasteiger partial charge >= 0.3 is 0 Å². The van der Waals surface area contributed by atoms with E-state index in [1.54, 1.807) is 7.11 Å². The second-order valence-corrected chi connectivity index (χ2v) is 5.36. The molecule has 1 heterocycles. The minimum absolute atomic E-state index is 0.0607. The van der Waals surface area contributed by atoms with Gasteiger partial charge in [0.05, 0.1) is 6.61 Å². The maximum absolute atomic E-state index is 12.0. The lowest BCUT2D eigenvalue weighted by atomic mass is 10.1. The summed E-state index contributed by atoms with van der Waals surface area (Å²) < 4.78 is 10.5. The molecule has 0 aromatic heterocycles. The summed E-state index contributed by atoms with van der Waals surface area (Å²) in [6.07, 6.45) is 2.77. The summed E-state index contributed by atoms with van der Waals surface area (Å²) in [7, 11) is 1.65. The Kier molecular flexibility index (Phi) is 6.02. The van der Waals surface area contributed by atoms with Crippen LogP contribution in [0.3, 0.4) is 0 Å².